The third-order valence-electron chi connectivity index (χ3n) is 3.91. The molecule has 2 rings (SSSR count). The highest BCUT2D eigenvalue weighted by atomic mass is 19.1. The van der Waals surface area contributed by atoms with Gasteiger partial charge in [0, 0.05) is 6.07 Å². The monoisotopic (exact) mass is 294 g/mol. The number of ether oxygens (including phenoxy) is 2. The van der Waals surface area contributed by atoms with Gasteiger partial charge in [0.2, 0.25) is 0 Å². The second-order valence-corrected chi connectivity index (χ2v) is 5.51. The van der Waals surface area contributed by atoms with Crippen molar-refractivity contribution in [2.75, 3.05) is 7.11 Å². The largest absolute Gasteiger partial charge is 0.465 e. The summed E-state index contributed by atoms with van der Waals surface area (Å²) in [5.74, 6) is -1.21. The zero-order valence-electron chi connectivity index (χ0n) is 12.2. The van der Waals surface area contributed by atoms with E-state index in [1.54, 1.807) is 0 Å². The average Bonchev–Trinajstić information content (AvgIpc) is 2.47. The topological polar surface area (TPSA) is 52.6 Å². The molecule has 114 valence electrons. The van der Waals surface area contributed by atoms with Crippen LogP contribution in [0.25, 0.3) is 0 Å². The van der Waals surface area contributed by atoms with E-state index in [0.717, 1.165) is 31.7 Å². The predicted molar refractivity (Wildman–Crippen MR) is 74.5 cm³/mol. The number of rotatable bonds is 3. The van der Waals surface area contributed by atoms with Gasteiger partial charge >= 0.3 is 11.9 Å². The van der Waals surface area contributed by atoms with Crippen molar-refractivity contribution in [3.8, 4) is 5.75 Å². The molecule has 0 atom stereocenters. The predicted octanol–water partition coefficient (Wildman–Crippen LogP) is 3.34. The van der Waals surface area contributed by atoms with E-state index in [4.69, 9.17) is 4.74 Å². The van der Waals surface area contributed by atoms with Crippen LogP contribution >= 0.6 is 0 Å². The Bertz CT molecular complexity index is 533. The van der Waals surface area contributed by atoms with Crippen LogP contribution in [0.4, 0.5) is 4.39 Å². The molecule has 1 aromatic rings. The Morgan fingerprint density at radius 1 is 1.19 bits per heavy atom. The maximum Gasteiger partial charge on any atom is 0.340 e. The smallest absolute Gasteiger partial charge is 0.340 e. The van der Waals surface area contributed by atoms with Crippen LogP contribution in [0.5, 0.6) is 5.75 Å². The van der Waals surface area contributed by atoms with Crippen LogP contribution in [0.15, 0.2) is 18.2 Å². The zero-order chi connectivity index (χ0) is 15.4. The lowest BCUT2D eigenvalue weighted by Gasteiger charge is -2.24. The normalized spacial score (nSPS) is 21.7. The summed E-state index contributed by atoms with van der Waals surface area (Å²) in [6, 6.07) is 3.70. The molecule has 21 heavy (non-hydrogen) atoms. The Morgan fingerprint density at radius 3 is 2.43 bits per heavy atom. The number of hydrogen-bond acceptors (Lipinski definition) is 4. The Morgan fingerprint density at radius 2 is 1.86 bits per heavy atom. The molecular weight excluding hydrogens is 275 g/mol. The summed E-state index contributed by atoms with van der Waals surface area (Å²) in [4.78, 5) is 23.3. The van der Waals surface area contributed by atoms with Crippen molar-refractivity contribution in [3.05, 3.63) is 29.6 Å². The standard InChI is InChI=1S/C16H19FO4/c1-10-3-5-11(6-4-10)15(18)21-12-7-8-13(14(17)9-12)16(19)20-2/h7-11H,3-6H2,1-2H3. The van der Waals surface area contributed by atoms with Gasteiger partial charge in [0.15, 0.2) is 0 Å². The molecule has 1 saturated carbocycles. The molecule has 0 saturated heterocycles. The van der Waals surface area contributed by atoms with Crippen molar-refractivity contribution >= 4 is 11.9 Å². The zero-order valence-corrected chi connectivity index (χ0v) is 12.2. The summed E-state index contributed by atoms with van der Waals surface area (Å²) in [6.45, 7) is 2.17. The summed E-state index contributed by atoms with van der Waals surface area (Å²) in [6.07, 6.45) is 3.64. The van der Waals surface area contributed by atoms with Gasteiger partial charge in [-0.25, -0.2) is 9.18 Å². The molecule has 1 aliphatic carbocycles. The first-order chi connectivity index (χ1) is 10.0. The summed E-state index contributed by atoms with van der Waals surface area (Å²) in [5.41, 5.74) is -0.177. The Kier molecular flexibility index (Phi) is 4.94. The molecule has 4 nitrogen and oxygen atoms in total. The molecule has 0 bridgehead atoms. The van der Waals surface area contributed by atoms with Crippen LogP contribution < -0.4 is 4.74 Å². The van der Waals surface area contributed by atoms with E-state index in [2.05, 4.69) is 11.7 Å². The van der Waals surface area contributed by atoms with Gasteiger partial charge in [-0.3, -0.25) is 4.79 Å². The number of methoxy groups -OCH3 is 1. The highest BCUT2D eigenvalue weighted by Crippen LogP contribution is 2.29. The molecule has 0 N–H and O–H groups in total. The first-order valence-electron chi connectivity index (χ1n) is 7.10. The molecular formula is C16H19FO4. The number of carbonyl (C=O) groups excluding carboxylic acids is 2. The quantitative estimate of drug-likeness (QED) is 0.633. The summed E-state index contributed by atoms with van der Waals surface area (Å²) < 4.78 is 23.4. The minimum absolute atomic E-state index is 0.115. The lowest BCUT2D eigenvalue weighted by atomic mass is 9.83. The van der Waals surface area contributed by atoms with Crippen molar-refractivity contribution in [1.29, 1.82) is 0 Å². The van der Waals surface area contributed by atoms with E-state index in [9.17, 15) is 14.0 Å². The number of hydrogen-bond donors (Lipinski definition) is 0. The molecule has 0 heterocycles. The molecule has 0 radical (unpaired) electrons. The van der Waals surface area contributed by atoms with Crippen LogP contribution in [0.3, 0.4) is 0 Å². The van der Waals surface area contributed by atoms with Crippen LogP contribution in [0.2, 0.25) is 0 Å². The van der Waals surface area contributed by atoms with E-state index in [1.165, 1.54) is 19.2 Å². The average molecular weight is 294 g/mol. The third kappa shape index (κ3) is 3.80. The summed E-state index contributed by atoms with van der Waals surface area (Å²) >= 11 is 0. The van der Waals surface area contributed by atoms with Crippen LogP contribution in [0.1, 0.15) is 43.0 Å². The molecule has 0 amide bonds. The molecule has 1 fully saturated rings. The Labute approximate surface area is 123 Å². The SMILES string of the molecule is COC(=O)c1ccc(OC(=O)C2CCC(C)CC2)cc1F. The first kappa shape index (κ1) is 15.5. The van der Waals surface area contributed by atoms with Crippen LogP contribution in [0, 0.1) is 17.7 Å². The number of carbonyl (C=O) groups is 2. The van der Waals surface area contributed by atoms with E-state index in [1.807, 2.05) is 0 Å². The Hall–Kier alpha value is -1.91. The van der Waals surface area contributed by atoms with E-state index >= 15 is 0 Å². The summed E-state index contributed by atoms with van der Waals surface area (Å²) in [7, 11) is 1.18. The minimum atomic E-state index is -0.760. The maximum absolute atomic E-state index is 13.7. The van der Waals surface area contributed by atoms with Crippen molar-refractivity contribution in [3.63, 3.8) is 0 Å². The molecule has 0 aliphatic heterocycles. The lowest BCUT2D eigenvalue weighted by molar-refractivity contribution is -0.140. The molecule has 5 heteroatoms. The van der Waals surface area contributed by atoms with E-state index < -0.39 is 11.8 Å². The second-order valence-electron chi connectivity index (χ2n) is 5.51. The van der Waals surface area contributed by atoms with Crippen molar-refractivity contribution in [1.82, 2.24) is 0 Å². The summed E-state index contributed by atoms with van der Waals surface area (Å²) in [5, 5.41) is 0. The lowest BCUT2D eigenvalue weighted by Crippen LogP contribution is -2.25. The maximum atomic E-state index is 13.7. The van der Waals surface area contributed by atoms with Crippen LogP contribution in [-0.2, 0) is 9.53 Å². The van der Waals surface area contributed by atoms with Crippen molar-refractivity contribution in [2.45, 2.75) is 32.6 Å². The fourth-order valence-corrected chi connectivity index (χ4v) is 2.53. The van der Waals surface area contributed by atoms with Gasteiger partial charge in [0.1, 0.15) is 11.6 Å². The van der Waals surface area contributed by atoms with Gasteiger partial charge < -0.3 is 9.47 Å². The van der Waals surface area contributed by atoms with E-state index in [-0.39, 0.29) is 23.2 Å². The first-order valence-corrected chi connectivity index (χ1v) is 7.10. The number of esters is 2. The molecule has 0 spiro atoms. The second kappa shape index (κ2) is 6.70. The van der Waals surface area contributed by atoms with Gasteiger partial charge in [-0.2, -0.15) is 0 Å². The fraction of sp³-hybridized carbons (Fsp3) is 0.500. The third-order valence-corrected chi connectivity index (χ3v) is 3.91. The minimum Gasteiger partial charge on any atom is -0.465 e. The van der Waals surface area contributed by atoms with Gasteiger partial charge in [-0.1, -0.05) is 6.92 Å². The molecule has 0 unspecified atom stereocenters. The highest BCUT2D eigenvalue weighted by molar-refractivity contribution is 5.89. The van der Waals surface area contributed by atoms with Gasteiger partial charge in [-0.05, 0) is 43.7 Å². The van der Waals surface area contributed by atoms with Gasteiger partial charge in [0.05, 0.1) is 18.6 Å². The molecule has 0 aromatic heterocycles. The highest BCUT2D eigenvalue weighted by Gasteiger charge is 2.26. The van der Waals surface area contributed by atoms with Crippen molar-refractivity contribution < 1.29 is 23.5 Å². The van der Waals surface area contributed by atoms with Gasteiger partial charge in [-0.15, -0.1) is 0 Å². The fourth-order valence-electron chi connectivity index (χ4n) is 2.53. The van der Waals surface area contributed by atoms with Gasteiger partial charge in [0.25, 0.3) is 0 Å². The van der Waals surface area contributed by atoms with Crippen LogP contribution in [-0.4, -0.2) is 19.0 Å². The molecule has 1 aromatic carbocycles. The molecule has 1 aliphatic rings. The van der Waals surface area contributed by atoms with Crippen molar-refractivity contribution in [2.24, 2.45) is 11.8 Å². The van der Waals surface area contributed by atoms with E-state index in [0.29, 0.717) is 5.92 Å². The number of benzene rings is 1. The number of halogens is 1. The Balaban J connectivity index is 2.01.